The van der Waals surface area contributed by atoms with Gasteiger partial charge in [-0.15, -0.1) is 0 Å². The molecule has 0 saturated heterocycles. The molecule has 3 aromatic heterocycles. The second kappa shape index (κ2) is 8.26. The van der Waals surface area contributed by atoms with Gasteiger partial charge in [0.25, 0.3) is 11.8 Å². The molecule has 1 aromatic carbocycles. The summed E-state index contributed by atoms with van der Waals surface area (Å²) >= 11 is 0. The number of pyridine rings is 1. The van der Waals surface area contributed by atoms with E-state index in [4.69, 9.17) is 9.26 Å². The van der Waals surface area contributed by atoms with Gasteiger partial charge in [0.2, 0.25) is 0 Å². The first-order valence-corrected chi connectivity index (χ1v) is 10.4. The number of amides is 1. The third kappa shape index (κ3) is 3.96. The first-order chi connectivity index (χ1) is 15.6. The number of nitrogens with zero attached hydrogens (tertiary/aromatic N) is 5. The molecule has 1 aliphatic carbocycles. The van der Waals surface area contributed by atoms with E-state index >= 15 is 0 Å². The van der Waals surface area contributed by atoms with Crippen molar-refractivity contribution in [2.24, 2.45) is 0 Å². The lowest BCUT2D eigenvalue weighted by atomic mass is 10.2. The lowest BCUT2D eigenvalue weighted by Gasteiger charge is -2.07. The van der Waals surface area contributed by atoms with Gasteiger partial charge in [-0.2, -0.15) is 10.1 Å². The molecule has 1 saturated carbocycles. The number of carbonyl (C=O) groups excluding carboxylic acids is 1. The Labute approximate surface area is 184 Å². The highest BCUT2D eigenvalue weighted by atomic mass is 16.5. The van der Waals surface area contributed by atoms with E-state index in [0.29, 0.717) is 35.4 Å². The van der Waals surface area contributed by atoms with Crippen LogP contribution in [0.15, 0.2) is 53.3 Å². The molecule has 0 aliphatic heterocycles. The van der Waals surface area contributed by atoms with E-state index in [1.807, 2.05) is 43.3 Å². The number of hydrogen-bond acceptors (Lipinski definition) is 7. The number of nitrogens with one attached hydrogen (secondary N) is 1. The smallest absolute Gasteiger partial charge is 0.259 e. The van der Waals surface area contributed by atoms with Crippen molar-refractivity contribution in [1.29, 1.82) is 0 Å². The summed E-state index contributed by atoms with van der Waals surface area (Å²) in [5.74, 6) is 2.79. The van der Waals surface area contributed by atoms with Crippen LogP contribution in [0.1, 0.15) is 46.2 Å². The summed E-state index contributed by atoms with van der Waals surface area (Å²) in [5.41, 5.74) is 2.88. The molecule has 1 fully saturated rings. The Morgan fingerprint density at radius 2 is 2.12 bits per heavy atom. The highest BCUT2D eigenvalue weighted by molar-refractivity contribution is 5.95. The molecule has 3 heterocycles. The number of aromatic nitrogens is 5. The van der Waals surface area contributed by atoms with Crippen LogP contribution < -0.4 is 10.1 Å². The standard InChI is InChI=1S/C23H22N6O3/c1-14-19(22(30)25-11-15-4-3-5-18(10-15)31-2)13-26-29(14)20-9-8-17(12-24-20)23-27-21(28-32-23)16-6-7-16/h3-5,8-10,12-13,16H,6-7,11H2,1-2H3,(H,25,30). The van der Waals surface area contributed by atoms with Gasteiger partial charge >= 0.3 is 0 Å². The fourth-order valence-electron chi connectivity index (χ4n) is 3.42. The molecule has 0 radical (unpaired) electrons. The molecule has 162 valence electrons. The average Bonchev–Trinajstić information content (AvgIpc) is 3.43. The van der Waals surface area contributed by atoms with Crippen molar-refractivity contribution in [3.05, 3.63) is 71.4 Å². The molecule has 1 N–H and O–H groups in total. The van der Waals surface area contributed by atoms with Gasteiger partial charge in [-0.3, -0.25) is 4.79 Å². The maximum absolute atomic E-state index is 12.7. The van der Waals surface area contributed by atoms with Gasteiger partial charge in [0.05, 0.1) is 30.1 Å². The molecular formula is C23H22N6O3. The minimum absolute atomic E-state index is 0.202. The quantitative estimate of drug-likeness (QED) is 0.478. The summed E-state index contributed by atoms with van der Waals surface area (Å²) in [6.45, 7) is 2.23. The van der Waals surface area contributed by atoms with Crippen LogP contribution in [0.5, 0.6) is 5.75 Å². The molecule has 32 heavy (non-hydrogen) atoms. The van der Waals surface area contributed by atoms with Gasteiger partial charge < -0.3 is 14.6 Å². The number of methoxy groups -OCH3 is 1. The number of benzene rings is 1. The first kappa shape index (κ1) is 19.9. The van der Waals surface area contributed by atoms with E-state index in [1.165, 1.54) is 0 Å². The Bertz CT molecular complexity index is 1260. The van der Waals surface area contributed by atoms with Crippen molar-refractivity contribution >= 4 is 5.91 Å². The minimum Gasteiger partial charge on any atom is -0.497 e. The molecule has 5 rings (SSSR count). The van der Waals surface area contributed by atoms with Crippen molar-refractivity contribution in [2.45, 2.75) is 32.2 Å². The topological polar surface area (TPSA) is 108 Å². The Balaban J connectivity index is 1.28. The first-order valence-electron chi connectivity index (χ1n) is 10.4. The zero-order chi connectivity index (χ0) is 22.1. The average molecular weight is 430 g/mol. The second-order valence-corrected chi connectivity index (χ2v) is 7.73. The van der Waals surface area contributed by atoms with Crippen molar-refractivity contribution < 1.29 is 14.1 Å². The van der Waals surface area contributed by atoms with E-state index in [-0.39, 0.29) is 5.91 Å². The molecule has 0 bridgehead atoms. The second-order valence-electron chi connectivity index (χ2n) is 7.73. The fourth-order valence-corrected chi connectivity index (χ4v) is 3.42. The van der Waals surface area contributed by atoms with Crippen LogP contribution >= 0.6 is 0 Å². The highest BCUT2D eigenvalue weighted by Crippen LogP contribution is 2.38. The lowest BCUT2D eigenvalue weighted by Crippen LogP contribution is -2.23. The van der Waals surface area contributed by atoms with E-state index < -0.39 is 0 Å². The Kier molecular flexibility index (Phi) is 5.14. The Hall–Kier alpha value is -4.01. The van der Waals surface area contributed by atoms with E-state index in [1.54, 1.807) is 24.2 Å². The van der Waals surface area contributed by atoms with E-state index in [0.717, 1.165) is 35.5 Å². The highest BCUT2D eigenvalue weighted by Gasteiger charge is 2.29. The van der Waals surface area contributed by atoms with Crippen LogP contribution in [0.25, 0.3) is 17.3 Å². The molecule has 9 nitrogen and oxygen atoms in total. The van der Waals surface area contributed by atoms with E-state index in [2.05, 4.69) is 25.5 Å². The van der Waals surface area contributed by atoms with Gasteiger partial charge in [0.15, 0.2) is 11.6 Å². The molecule has 0 spiro atoms. The third-order valence-corrected chi connectivity index (χ3v) is 5.44. The maximum Gasteiger partial charge on any atom is 0.259 e. The molecule has 0 atom stereocenters. The van der Waals surface area contributed by atoms with Crippen molar-refractivity contribution in [3.63, 3.8) is 0 Å². The van der Waals surface area contributed by atoms with Crippen LogP contribution in [0.2, 0.25) is 0 Å². The minimum atomic E-state index is -0.202. The van der Waals surface area contributed by atoms with Gasteiger partial charge in [-0.05, 0) is 49.6 Å². The summed E-state index contributed by atoms with van der Waals surface area (Å²) in [6, 6.07) is 11.2. The summed E-state index contributed by atoms with van der Waals surface area (Å²) < 4.78 is 12.2. The normalized spacial score (nSPS) is 13.2. The number of ether oxygens (including phenoxy) is 1. The summed E-state index contributed by atoms with van der Waals surface area (Å²) in [4.78, 5) is 21.6. The summed E-state index contributed by atoms with van der Waals surface area (Å²) in [7, 11) is 1.61. The molecule has 0 unspecified atom stereocenters. The van der Waals surface area contributed by atoms with Crippen molar-refractivity contribution in [1.82, 2.24) is 30.2 Å². The maximum atomic E-state index is 12.7. The summed E-state index contributed by atoms with van der Waals surface area (Å²) in [6.07, 6.45) is 5.45. The van der Waals surface area contributed by atoms with Crippen LogP contribution in [0.3, 0.4) is 0 Å². The van der Waals surface area contributed by atoms with Crippen LogP contribution in [-0.4, -0.2) is 37.9 Å². The summed E-state index contributed by atoms with van der Waals surface area (Å²) in [5, 5.41) is 11.3. The Morgan fingerprint density at radius 3 is 2.88 bits per heavy atom. The number of rotatable bonds is 7. The van der Waals surface area contributed by atoms with Crippen molar-refractivity contribution in [2.75, 3.05) is 7.11 Å². The van der Waals surface area contributed by atoms with Crippen LogP contribution in [0, 0.1) is 6.92 Å². The Morgan fingerprint density at radius 1 is 1.25 bits per heavy atom. The van der Waals surface area contributed by atoms with Crippen LogP contribution in [0.4, 0.5) is 0 Å². The number of hydrogen-bond donors (Lipinski definition) is 1. The molecule has 1 aliphatic rings. The SMILES string of the molecule is COc1cccc(CNC(=O)c2cnn(-c3ccc(-c4nc(C5CC5)no4)cn3)c2C)c1. The van der Waals surface area contributed by atoms with Gasteiger partial charge in [0.1, 0.15) is 5.75 Å². The third-order valence-electron chi connectivity index (χ3n) is 5.44. The molecular weight excluding hydrogens is 408 g/mol. The monoisotopic (exact) mass is 430 g/mol. The lowest BCUT2D eigenvalue weighted by molar-refractivity contribution is 0.0950. The predicted molar refractivity (Wildman–Crippen MR) is 116 cm³/mol. The van der Waals surface area contributed by atoms with Gasteiger partial charge in [0, 0.05) is 18.7 Å². The largest absolute Gasteiger partial charge is 0.497 e. The fraction of sp³-hybridized carbons (Fsp3) is 0.261. The predicted octanol–water partition coefficient (Wildman–Crippen LogP) is 3.44. The number of carbonyl (C=O) groups is 1. The zero-order valence-electron chi connectivity index (χ0n) is 17.8. The van der Waals surface area contributed by atoms with Gasteiger partial charge in [-0.25, -0.2) is 9.67 Å². The molecule has 1 amide bonds. The molecule has 4 aromatic rings. The van der Waals surface area contributed by atoms with Gasteiger partial charge in [-0.1, -0.05) is 17.3 Å². The van der Waals surface area contributed by atoms with E-state index in [9.17, 15) is 4.79 Å². The van der Waals surface area contributed by atoms with Crippen LogP contribution in [-0.2, 0) is 6.54 Å². The zero-order valence-corrected chi connectivity index (χ0v) is 17.8. The molecule has 9 heteroatoms. The van der Waals surface area contributed by atoms with Crippen molar-refractivity contribution in [3.8, 4) is 23.0 Å².